The Morgan fingerprint density at radius 3 is 2.04 bits per heavy atom. The summed E-state index contributed by atoms with van der Waals surface area (Å²) in [7, 11) is 0. The quantitative estimate of drug-likeness (QED) is 0.554. The normalized spacial score (nSPS) is 10.4. The van der Waals surface area contributed by atoms with Gasteiger partial charge in [-0.3, -0.25) is 0 Å². The molecule has 0 spiro atoms. The maximum atomic E-state index is 3.67. The zero-order valence-electron chi connectivity index (χ0n) is 14.4. The Labute approximate surface area is 141 Å². The molecule has 0 radical (unpaired) electrons. The molecule has 0 aromatic heterocycles. The predicted molar refractivity (Wildman–Crippen MR) is 104 cm³/mol. The summed E-state index contributed by atoms with van der Waals surface area (Å²) in [6.07, 6.45) is 9.89. The molecule has 0 aliphatic carbocycles. The fourth-order valence-electron chi connectivity index (χ4n) is 2.08. The fourth-order valence-corrected chi connectivity index (χ4v) is 2.08. The highest BCUT2D eigenvalue weighted by Gasteiger charge is 2.06. The Balaban J connectivity index is 0.00000127. The smallest absolute Gasteiger partial charge is 0.0415 e. The molecule has 0 atom stereocenters. The van der Waals surface area contributed by atoms with Crippen LogP contribution >= 0.6 is 0 Å². The second kappa shape index (κ2) is 11.1. The van der Waals surface area contributed by atoms with Gasteiger partial charge in [-0.1, -0.05) is 86.7 Å². The number of aryl methyl sites for hydroxylation is 1. The van der Waals surface area contributed by atoms with E-state index in [0.29, 0.717) is 0 Å². The number of anilines is 2. The Morgan fingerprint density at radius 1 is 0.826 bits per heavy atom. The monoisotopic (exact) mass is 305 g/mol. The molecule has 2 rings (SSSR count). The molecule has 23 heavy (non-hydrogen) atoms. The van der Waals surface area contributed by atoms with E-state index in [0.717, 1.165) is 6.54 Å². The van der Waals surface area contributed by atoms with Crippen LogP contribution in [0.3, 0.4) is 0 Å². The van der Waals surface area contributed by atoms with Gasteiger partial charge in [0.05, 0.1) is 0 Å². The van der Waals surface area contributed by atoms with Gasteiger partial charge in [0.1, 0.15) is 0 Å². The van der Waals surface area contributed by atoms with E-state index in [2.05, 4.69) is 73.0 Å². The summed E-state index contributed by atoms with van der Waals surface area (Å²) >= 11 is 0. The molecule has 0 aliphatic heterocycles. The first kappa shape index (κ1) is 18.5. The first-order valence-electron chi connectivity index (χ1n) is 8.15. The number of hydrogen-bond acceptors (Lipinski definition) is 1. The van der Waals surface area contributed by atoms with E-state index in [9.17, 15) is 0 Å². The molecule has 0 heterocycles. The van der Waals surface area contributed by atoms with Gasteiger partial charge in [0.25, 0.3) is 0 Å². The Morgan fingerprint density at radius 2 is 1.43 bits per heavy atom. The maximum absolute atomic E-state index is 3.67. The van der Waals surface area contributed by atoms with Crippen molar-refractivity contribution in [2.75, 3.05) is 11.4 Å². The van der Waals surface area contributed by atoms with Crippen LogP contribution in [0.5, 0.6) is 0 Å². The van der Waals surface area contributed by atoms with Crippen molar-refractivity contribution in [3.63, 3.8) is 0 Å². The average Bonchev–Trinajstić information content (AvgIpc) is 2.62. The van der Waals surface area contributed by atoms with Gasteiger partial charge in [-0.2, -0.15) is 0 Å². The Bertz CT molecular complexity index is 606. The number of rotatable bonds is 6. The molecule has 2 aromatic rings. The summed E-state index contributed by atoms with van der Waals surface area (Å²) in [6, 6.07) is 19.1. The van der Waals surface area contributed by atoms with E-state index in [1.165, 1.54) is 16.9 Å². The van der Waals surface area contributed by atoms with Gasteiger partial charge in [0.15, 0.2) is 0 Å². The number of benzene rings is 2. The molecular weight excluding hydrogens is 278 g/mol. The highest BCUT2D eigenvalue weighted by atomic mass is 15.1. The molecule has 0 saturated heterocycles. The van der Waals surface area contributed by atoms with E-state index in [1.807, 2.05) is 38.1 Å². The molecule has 0 aliphatic rings. The third-order valence-corrected chi connectivity index (χ3v) is 3.20. The Hall–Kier alpha value is -2.54. The van der Waals surface area contributed by atoms with Crippen molar-refractivity contribution < 1.29 is 0 Å². The van der Waals surface area contributed by atoms with Crippen LogP contribution in [-0.2, 0) is 0 Å². The van der Waals surface area contributed by atoms with Gasteiger partial charge in [-0.05, 0) is 31.2 Å². The number of hydrogen-bond donors (Lipinski definition) is 0. The van der Waals surface area contributed by atoms with Gasteiger partial charge in [0.2, 0.25) is 0 Å². The first-order valence-corrected chi connectivity index (χ1v) is 8.15. The largest absolute Gasteiger partial charge is 0.338 e. The molecule has 1 nitrogen and oxygen atoms in total. The summed E-state index contributed by atoms with van der Waals surface area (Å²) in [6.45, 7) is 10.6. The third kappa shape index (κ3) is 6.39. The Kier molecular flexibility index (Phi) is 8.92. The highest BCUT2D eigenvalue weighted by Crippen LogP contribution is 2.25. The van der Waals surface area contributed by atoms with Crippen LogP contribution in [-0.4, -0.2) is 6.54 Å². The zero-order chi connectivity index (χ0) is 16.9. The second-order valence-electron chi connectivity index (χ2n) is 4.83. The lowest BCUT2D eigenvalue weighted by Gasteiger charge is -2.23. The lowest BCUT2D eigenvalue weighted by atomic mass is 10.2. The predicted octanol–water partition coefficient (Wildman–Crippen LogP) is 6.46. The number of nitrogens with zero attached hydrogens (tertiary/aromatic N) is 1. The molecule has 2 aromatic carbocycles. The highest BCUT2D eigenvalue weighted by molar-refractivity contribution is 5.63. The first-order chi connectivity index (χ1) is 11.3. The number of allylic oxidation sites excluding steroid dienone is 4. The van der Waals surface area contributed by atoms with Gasteiger partial charge in [-0.25, -0.2) is 0 Å². The van der Waals surface area contributed by atoms with Crippen molar-refractivity contribution >= 4 is 11.4 Å². The summed E-state index contributed by atoms with van der Waals surface area (Å²) in [4.78, 5) is 2.29. The van der Waals surface area contributed by atoms with Crippen molar-refractivity contribution in [2.24, 2.45) is 0 Å². The zero-order valence-corrected chi connectivity index (χ0v) is 14.4. The van der Waals surface area contributed by atoms with E-state index in [-0.39, 0.29) is 0 Å². The van der Waals surface area contributed by atoms with Crippen LogP contribution in [0.2, 0.25) is 0 Å². The maximum Gasteiger partial charge on any atom is 0.0415 e. The summed E-state index contributed by atoms with van der Waals surface area (Å²) in [5, 5.41) is 0. The minimum atomic E-state index is 0.828. The fraction of sp³-hybridized carbons (Fsp3) is 0.182. The molecular formula is C22H27N. The van der Waals surface area contributed by atoms with E-state index in [1.54, 1.807) is 6.08 Å². The van der Waals surface area contributed by atoms with E-state index < -0.39 is 0 Å². The second-order valence-corrected chi connectivity index (χ2v) is 4.83. The van der Waals surface area contributed by atoms with Gasteiger partial charge >= 0.3 is 0 Å². The van der Waals surface area contributed by atoms with Gasteiger partial charge < -0.3 is 4.90 Å². The minimum absolute atomic E-state index is 0.828. The van der Waals surface area contributed by atoms with Crippen LogP contribution in [0.4, 0.5) is 11.4 Å². The molecule has 0 N–H and O–H groups in total. The van der Waals surface area contributed by atoms with Crippen LogP contribution in [0.1, 0.15) is 19.4 Å². The average molecular weight is 305 g/mol. The lowest BCUT2D eigenvalue weighted by molar-refractivity contribution is 1.09. The minimum Gasteiger partial charge on any atom is -0.338 e. The lowest BCUT2D eigenvalue weighted by Crippen LogP contribution is -2.16. The van der Waals surface area contributed by atoms with Gasteiger partial charge in [-0.15, -0.1) is 0 Å². The third-order valence-electron chi connectivity index (χ3n) is 3.20. The molecule has 120 valence electrons. The van der Waals surface area contributed by atoms with Crippen LogP contribution in [0, 0.1) is 6.92 Å². The van der Waals surface area contributed by atoms with E-state index >= 15 is 0 Å². The summed E-state index contributed by atoms with van der Waals surface area (Å²) in [5.74, 6) is 0. The topological polar surface area (TPSA) is 3.24 Å². The van der Waals surface area contributed by atoms with Crippen molar-refractivity contribution in [3.8, 4) is 0 Å². The molecule has 0 saturated carbocycles. The number of para-hydroxylation sites is 1. The van der Waals surface area contributed by atoms with Crippen molar-refractivity contribution in [3.05, 3.63) is 97.1 Å². The van der Waals surface area contributed by atoms with E-state index in [4.69, 9.17) is 0 Å². The van der Waals surface area contributed by atoms with Crippen molar-refractivity contribution in [2.45, 2.75) is 20.8 Å². The molecule has 0 fully saturated rings. The molecule has 0 bridgehead atoms. The molecule has 1 heteroatoms. The van der Waals surface area contributed by atoms with Crippen molar-refractivity contribution in [1.82, 2.24) is 0 Å². The SMILES string of the molecule is C=C/C=C\C=C/CN(c1ccccc1)c1ccc(C)cc1.CC. The van der Waals surface area contributed by atoms with Crippen LogP contribution in [0.15, 0.2) is 91.6 Å². The van der Waals surface area contributed by atoms with Gasteiger partial charge in [0, 0.05) is 17.9 Å². The molecule has 0 unspecified atom stereocenters. The summed E-state index contributed by atoms with van der Waals surface area (Å²) < 4.78 is 0. The molecule has 0 amide bonds. The summed E-state index contributed by atoms with van der Waals surface area (Å²) in [5.41, 5.74) is 3.67. The van der Waals surface area contributed by atoms with Crippen LogP contribution in [0.25, 0.3) is 0 Å². The standard InChI is InChI=1S/C20H21N.C2H6/c1-3-4-5-6-10-17-21(19-11-8-7-9-12-19)20-15-13-18(2)14-16-20;1-2/h3-16H,1,17H2,2H3;1-2H3/b5-4-,10-6-;. The van der Waals surface area contributed by atoms with Crippen LogP contribution < -0.4 is 4.90 Å². The van der Waals surface area contributed by atoms with Crippen molar-refractivity contribution in [1.29, 1.82) is 0 Å².